The molecule has 0 aromatic rings. The molecule has 0 unspecified atom stereocenters. The molecule has 1 rings (SSSR count). The van der Waals surface area contributed by atoms with Crippen molar-refractivity contribution in [1.29, 1.82) is 0 Å². The fourth-order valence-corrected chi connectivity index (χ4v) is 1.08. The van der Waals surface area contributed by atoms with Gasteiger partial charge >= 0.3 is 59.1 Å². The van der Waals surface area contributed by atoms with Crippen molar-refractivity contribution in [3.05, 3.63) is 35.3 Å². The van der Waals surface area contributed by atoms with Crippen molar-refractivity contribution in [2.45, 2.75) is 13.3 Å². The smallest absolute Gasteiger partial charge is 0.889 e. The molecule has 0 saturated carbocycles. The topological polar surface area (TPSA) is 63.2 Å². The van der Waals surface area contributed by atoms with Crippen LogP contribution in [0.25, 0.3) is 0 Å². The molecule has 6 heteroatoms. The van der Waals surface area contributed by atoms with Gasteiger partial charge in [0.05, 0.1) is 0 Å². The first-order chi connectivity index (χ1) is 6.11. The van der Waals surface area contributed by atoms with E-state index in [1.807, 2.05) is 0 Å². The molecule has 0 atom stereocenters. The third kappa shape index (κ3) is 6.24. The van der Waals surface area contributed by atoms with E-state index in [1.54, 1.807) is 12.2 Å². The van der Waals surface area contributed by atoms with E-state index in [-0.39, 0.29) is 70.4 Å². The van der Waals surface area contributed by atoms with E-state index in [0.29, 0.717) is 12.0 Å². The normalized spacial score (nSPS) is 13.8. The number of hydrogen-bond donors (Lipinski definition) is 0. The second kappa shape index (κ2) is 8.96. The fraction of sp³-hybridized carbons (Fsp3) is 0.222. The number of allylic oxidation sites excluding steroid dienone is 6. The van der Waals surface area contributed by atoms with Crippen LogP contribution in [0, 0.1) is 0 Å². The molecule has 0 aliphatic heterocycles. The van der Waals surface area contributed by atoms with Crippen LogP contribution in [0.1, 0.15) is 13.3 Å². The molecule has 0 heterocycles. The van der Waals surface area contributed by atoms with Crippen molar-refractivity contribution < 1.29 is 74.0 Å². The maximum Gasteiger partial charge on any atom is 1.00 e. The third-order valence-corrected chi connectivity index (χ3v) is 1.83. The van der Waals surface area contributed by atoms with E-state index in [1.165, 1.54) is 19.1 Å². The van der Waals surface area contributed by atoms with Gasteiger partial charge in [0.2, 0.25) is 0 Å². The van der Waals surface area contributed by atoms with Gasteiger partial charge in [-0.1, -0.05) is 31.4 Å². The molecular formula is C9H9BNa2O3. The summed E-state index contributed by atoms with van der Waals surface area (Å²) in [5.41, 5.74) is 0.749. The van der Waals surface area contributed by atoms with Crippen LogP contribution in [0.15, 0.2) is 35.3 Å². The molecular weight excluding hydrogens is 213 g/mol. The van der Waals surface area contributed by atoms with Crippen LogP contribution in [0.4, 0.5) is 0 Å². The maximum atomic E-state index is 10.9. The predicted octanol–water partition coefficient (Wildman–Crippen LogP) is -6.86. The average molecular weight is 222 g/mol. The molecule has 0 amide bonds. The third-order valence-electron chi connectivity index (χ3n) is 1.83. The zero-order valence-corrected chi connectivity index (χ0v) is 13.3. The van der Waals surface area contributed by atoms with Crippen LogP contribution < -0.4 is 69.2 Å². The quantitative estimate of drug-likeness (QED) is 0.436. The fourth-order valence-electron chi connectivity index (χ4n) is 1.08. The van der Waals surface area contributed by atoms with Crippen molar-refractivity contribution in [2.24, 2.45) is 0 Å². The van der Waals surface area contributed by atoms with Crippen LogP contribution in [0.3, 0.4) is 0 Å². The molecule has 0 N–H and O–H groups in total. The van der Waals surface area contributed by atoms with E-state index >= 15 is 0 Å². The summed E-state index contributed by atoms with van der Waals surface area (Å²) in [6.07, 6.45) is 6.67. The van der Waals surface area contributed by atoms with Crippen molar-refractivity contribution in [2.75, 3.05) is 0 Å². The number of carbonyl (C=O) groups excluding carboxylic acids is 1. The number of hydrogen-bond acceptors (Lipinski definition) is 3. The second-order valence-corrected chi connectivity index (χ2v) is 2.82. The Morgan fingerprint density at radius 3 is 2.33 bits per heavy atom. The Balaban J connectivity index is 0. The minimum absolute atomic E-state index is 0. The minimum atomic E-state index is -1.96. The maximum absolute atomic E-state index is 10.9. The molecule has 1 aliphatic rings. The zero-order chi connectivity index (χ0) is 9.84. The van der Waals surface area contributed by atoms with Gasteiger partial charge in [0.1, 0.15) is 0 Å². The molecule has 0 aromatic heterocycles. The van der Waals surface area contributed by atoms with E-state index in [4.69, 9.17) is 0 Å². The molecule has 15 heavy (non-hydrogen) atoms. The summed E-state index contributed by atoms with van der Waals surface area (Å²) >= 11 is 0. The summed E-state index contributed by atoms with van der Waals surface area (Å²) < 4.78 is 0. The molecule has 68 valence electrons. The monoisotopic (exact) mass is 222 g/mol. The van der Waals surface area contributed by atoms with Crippen LogP contribution in [0.5, 0.6) is 0 Å². The molecule has 0 bridgehead atoms. The Bertz CT molecular complexity index is 308. The second-order valence-electron chi connectivity index (χ2n) is 2.82. The molecule has 0 saturated heterocycles. The molecule has 1 aliphatic carbocycles. The first-order valence-electron chi connectivity index (χ1n) is 4.02. The molecule has 3 nitrogen and oxygen atoms in total. The summed E-state index contributed by atoms with van der Waals surface area (Å²) in [6, 6.07) is 0. The van der Waals surface area contributed by atoms with Crippen molar-refractivity contribution >= 4 is 12.9 Å². The number of rotatable bonds is 2. The minimum Gasteiger partial charge on any atom is -0.889 e. The van der Waals surface area contributed by atoms with Crippen LogP contribution >= 0.6 is 0 Å². The van der Waals surface area contributed by atoms with E-state index < -0.39 is 7.12 Å². The standard InChI is InChI=1S/C9H9BO3.2Na/c1-7(11)8-3-2-4-9(6-5-8)10(12)13;;/h3-6H,2H2,1H3;;/q-2;2*+1. The van der Waals surface area contributed by atoms with Gasteiger partial charge in [0.25, 0.3) is 0 Å². The van der Waals surface area contributed by atoms with Crippen molar-refractivity contribution in [3.63, 3.8) is 0 Å². The largest absolute Gasteiger partial charge is 1.00 e. The van der Waals surface area contributed by atoms with E-state index in [0.717, 1.165) is 0 Å². The number of carbonyl (C=O) groups is 1. The Morgan fingerprint density at radius 1 is 1.27 bits per heavy atom. The average Bonchev–Trinajstić information content (AvgIpc) is 2.27. The Labute approximate surface area is 134 Å². The van der Waals surface area contributed by atoms with E-state index in [2.05, 4.69) is 0 Å². The molecule has 0 radical (unpaired) electrons. The van der Waals surface area contributed by atoms with Crippen LogP contribution in [0.2, 0.25) is 0 Å². The molecule has 0 spiro atoms. The summed E-state index contributed by atoms with van der Waals surface area (Å²) in [4.78, 5) is 10.9. The predicted molar refractivity (Wildman–Crippen MR) is 46.4 cm³/mol. The SMILES string of the molecule is CC(=O)C1=CCC=C(B([O-])[O-])C=C1.[Na+].[Na+]. The van der Waals surface area contributed by atoms with Gasteiger partial charge in [-0.05, 0) is 13.3 Å². The summed E-state index contributed by atoms with van der Waals surface area (Å²) in [7, 11) is -1.96. The van der Waals surface area contributed by atoms with Gasteiger partial charge in [-0.3, -0.25) is 4.79 Å². The molecule has 0 fully saturated rings. The Hall–Kier alpha value is 0.875. The number of Topliss-reactive ketones (excluding diaryl/α,β-unsaturated/α-hetero) is 1. The first-order valence-corrected chi connectivity index (χ1v) is 4.02. The van der Waals surface area contributed by atoms with E-state index in [9.17, 15) is 14.8 Å². The van der Waals surface area contributed by atoms with Gasteiger partial charge in [0, 0.05) is 5.57 Å². The zero-order valence-electron chi connectivity index (χ0n) is 9.32. The Kier molecular flexibility index (Phi) is 10.9. The Morgan fingerprint density at radius 2 is 1.87 bits per heavy atom. The summed E-state index contributed by atoms with van der Waals surface area (Å²) in [5, 5.41) is 21.1. The molecule has 0 aromatic carbocycles. The summed E-state index contributed by atoms with van der Waals surface area (Å²) in [5.74, 6) is -0.0563. The van der Waals surface area contributed by atoms with Crippen LogP contribution in [-0.4, -0.2) is 12.9 Å². The van der Waals surface area contributed by atoms with Gasteiger partial charge in [-0.2, -0.15) is 0 Å². The van der Waals surface area contributed by atoms with Gasteiger partial charge < -0.3 is 10.0 Å². The number of ketones is 1. The van der Waals surface area contributed by atoms with Gasteiger partial charge in [-0.25, -0.2) is 0 Å². The van der Waals surface area contributed by atoms with Crippen molar-refractivity contribution in [3.8, 4) is 0 Å². The summed E-state index contributed by atoms with van der Waals surface area (Å²) in [6.45, 7) is 1.45. The van der Waals surface area contributed by atoms with Gasteiger partial charge in [0.15, 0.2) is 5.78 Å². The first kappa shape index (κ1) is 18.2. The van der Waals surface area contributed by atoms with Crippen molar-refractivity contribution in [1.82, 2.24) is 0 Å². The van der Waals surface area contributed by atoms with Gasteiger partial charge in [-0.15, -0.1) is 5.47 Å². The van der Waals surface area contributed by atoms with Crippen LogP contribution in [-0.2, 0) is 4.79 Å².